The van der Waals surface area contributed by atoms with E-state index < -0.39 is 0 Å². The van der Waals surface area contributed by atoms with Crippen molar-refractivity contribution >= 4 is 22.9 Å². The molecule has 1 aromatic carbocycles. The van der Waals surface area contributed by atoms with Crippen LogP contribution < -0.4 is 5.73 Å². The quantitative estimate of drug-likeness (QED) is 0.875. The second-order valence-corrected chi connectivity index (χ2v) is 5.87. The zero-order valence-electron chi connectivity index (χ0n) is 10.7. The van der Waals surface area contributed by atoms with E-state index >= 15 is 0 Å². The monoisotopic (exact) mass is 279 g/mol. The average molecular weight is 280 g/mol. The molecule has 1 unspecified atom stereocenters. The van der Waals surface area contributed by atoms with E-state index in [1.807, 2.05) is 6.92 Å². The number of nitrogens with two attached hydrogens (primary N) is 1. The molecule has 0 bridgehead atoms. The smallest absolute Gasteiger partial charge is 0.0590 e. The van der Waals surface area contributed by atoms with E-state index in [1.54, 1.807) is 11.3 Å². The Morgan fingerprint density at radius 2 is 1.83 bits per heavy atom. The minimum absolute atomic E-state index is 0.0105. The van der Waals surface area contributed by atoms with Gasteiger partial charge in [0.25, 0.3) is 0 Å². The van der Waals surface area contributed by atoms with Gasteiger partial charge in [-0.05, 0) is 41.8 Å². The summed E-state index contributed by atoms with van der Waals surface area (Å²) in [5, 5.41) is 2.90. The maximum absolute atomic E-state index is 6.25. The Morgan fingerprint density at radius 3 is 2.33 bits per heavy atom. The van der Waals surface area contributed by atoms with E-state index in [9.17, 15) is 0 Å². The fourth-order valence-corrected chi connectivity index (χ4v) is 3.29. The number of hydrogen-bond acceptors (Lipinski definition) is 2. The molecule has 0 aliphatic carbocycles. The van der Waals surface area contributed by atoms with Gasteiger partial charge in [-0.25, -0.2) is 0 Å². The first-order valence-electron chi connectivity index (χ1n) is 6.18. The van der Waals surface area contributed by atoms with Crippen molar-refractivity contribution in [3.63, 3.8) is 0 Å². The van der Waals surface area contributed by atoms with Crippen LogP contribution in [0.3, 0.4) is 0 Å². The van der Waals surface area contributed by atoms with Crippen molar-refractivity contribution in [2.45, 2.75) is 32.7 Å². The van der Waals surface area contributed by atoms with Gasteiger partial charge in [0.15, 0.2) is 0 Å². The first kappa shape index (κ1) is 13.6. The summed E-state index contributed by atoms with van der Waals surface area (Å²) in [5.74, 6) is 0. The van der Waals surface area contributed by atoms with Crippen molar-refractivity contribution < 1.29 is 0 Å². The predicted octanol–water partition coefficient (Wildman–Crippen LogP) is 4.51. The number of benzene rings is 1. The van der Waals surface area contributed by atoms with Gasteiger partial charge in [0.1, 0.15) is 0 Å². The molecule has 2 rings (SSSR count). The van der Waals surface area contributed by atoms with Crippen LogP contribution in [0.1, 0.15) is 34.5 Å². The number of aryl methyl sites for hydroxylation is 2. The topological polar surface area (TPSA) is 26.0 Å². The van der Waals surface area contributed by atoms with Gasteiger partial charge in [0.05, 0.1) is 5.02 Å². The SMILES string of the molecule is CCc1ccc(CC(N)c2scc(C)c2Cl)cc1. The summed E-state index contributed by atoms with van der Waals surface area (Å²) in [5.41, 5.74) is 9.98. The Hall–Kier alpha value is -0.830. The molecule has 0 aliphatic heterocycles. The van der Waals surface area contributed by atoms with E-state index in [4.69, 9.17) is 17.3 Å². The Morgan fingerprint density at radius 1 is 1.22 bits per heavy atom. The van der Waals surface area contributed by atoms with Gasteiger partial charge in [-0.15, -0.1) is 11.3 Å². The highest BCUT2D eigenvalue weighted by Crippen LogP contribution is 2.32. The first-order valence-corrected chi connectivity index (χ1v) is 7.44. The van der Waals surface area contributed by atoms with Crippen LogP contribution in [0.15, 0.2) is 29.6 Å². The molecular formula is C15H18ClNS. The highest BCUT2D eigenvalue weighted by Gasteiger charge is 2.14. The molecule has 0 amide bonds. The largest absolute Gasteiger partial charge is 0.323 e. The van der Waals surface area contributed by atoms with Gasteiger partial charge in [-0.3, -0.25) is 0 Å². The van der Waals surface area contributed by atoms with Gasteiger partial charge in [0.2, 0.25) is 0 Å². The summed E-state index contributed by atoms with van der Waals surface area (Å²) in [4.78, 5) is 1.09. The maximum atomic E-state index is 6.25. The standard InChI is InChI=1S/C15H18ClNS/c1-3-11-4-6-12(7-5-11)8-13(17)15-14(16)10(2)9-18-15/h4-7,9,13H,3,8,17H2,1-2H3. The third kappa shape index (κ3) is 2.94. The van der Waals surface area contributed by atoms with E-state index in [1.165, 1.54) is 11.1 Å². The summed E-state index contributed by atoms with van der Waals surface area (Å²) < 4.78 is 0. The van der Waals surface area contributed by atoms with Crippen LogP contribution in [0.2, 0.25) is 5.02 Å². The molecule has 1 nitrogen and oxygen atoms in total. The maximum Gasteiger partial charge on any atom is 0.0590 e. The lowest BCUT2D eigenvalue weighted by Gasteiger charge is -2.11. The lowest BCUT2D eigenvalue weighted by molar-refractivity contribution is 0.736. The number of thiophene rings is 1. The lowest BCUT2D eigenvalue weighted by Crippen LogP contribution is -2.12. The van der Waals surface area contributed by atoms with Crippen LogP contribution >= 0.6 is 22.9 Å². The van der Waals surface area contributed by atoms with Gasteiger partial charge >= 0.3 is 0 Å². The molecule has 0 saturated heterocycles. The van der Waals surface area contributed by atoms with Crippen LogP contribution in [0.25, 0.3) is 0 Å². The molecule has 0 saturated carbocycles. The summed E-state index contributed by atoms with van der Waals surface area (Å²) >= 11 is 7.90. The molecule has 1 heterocycles. The van der Waals surface area contributed by atoms with Gasteiger partial charge in [0, 0.05) is 10.9 Å². The predicted molar refractivity (Wildman–Crippen MR) is 80.5 cm³/mol. The average Bonchev–Trinajstić information content (AvgIpc) is 2.71. The van der Waals surface area contributed by atoms with E-state index in [2.05, 4.69) is 36.6 Å². The summed E-state index contributed by atoms with van der Waals surface area (Å²) in [6, 6.07) is 8.65. The van der Waals surface area contributed by atoms with Gasteiger partial charge in [-0.1, -0.05) is 42.8 Å². The second-order valence-electron chi connectivity index (χ2n) is 4.58. The minimum atomic E-state index is -0.0105. The fourth-order valence-electron chi connectivity index (χ4n) is 1.96. The minimum Gasteiger partial charge on any atom is -0.323 e. The van der Waals surface area contributed by atoms with Crippen molar-refractivity contribution in [1.29, 1.82) is 0 Å². The molecule has 0 aliphatic rings. The van der Waals surface area contributed by atoms with Crippen LogP contribution in [0.4, 0.5) is 0 Å². The first-order chi connectivity index (χ1) is 8.61. The van der Waals surface area contributed by atoms with Crippen molar-refractivity contribution in [1.82, 2.24) is 0 Å². The zero-order valence-corrected chi connectivity index (χ0v) is 12.3. The summed E-state index contributed by atoms with van der Waals surface area (Å²) in [6.07, 6.45) is 1.91. The molecule has 1 atom stereocenters. The van der Waals surface area contributed by atoms with Crippen LogP contribution in [0, 0.1) is 6.92 Å². The highest BCUT2D eigenvalue weighted by molar-refractivity contribution is 7.10. The molecule has 0 spiro atoms. The molecule has 96 valence electrons. The van der Waals surface area contributed by atoms with Crippen molar-refractivity contribution in [3.8, 4) is 0 Å². The molecule has 0 fully saturated rings. The number of rotatable bonds is 4. The van der Waals surface area contributed by atoms with E-state index in [0.717, 1.165) is 28.3 Å². The molecule has 0 radical (unpaired) electrons. The molecule has 2 N–H and O–H groups in total. The van der Waals surface area contributed by atoms with Crippen molar-refractivity contribution in [3.05, 3.63) is 56.2 Å². The second kappa shape index (κ2) is 5.87. The van der Waals surface area contributed by atoms with E-state index in [0.29, 0.717) is 0 Å². The zero-order chi connectivity index (χ0) is 13.1. The molecule has 3 heteroatoms. The van der Waals surface area contributed by atoms with Gasteiger partial charge < -0.3 is 5.73 Å². The normalized spacial score (nSPS) is 12.7. The third-order valence-corrected chi connectivity index (χ3v) is 4.99. The molecular weight excluding hydrogens is 262 g/mol. The fraction of sp³-hybridized carbons (Fsp3) is 0.333. The van der Waals surface area contributed by atoms with Crippen LogP contribution in [-0.2, 0) is 12.8 Å². The van der Waals surface area contributed by atoms with Crippen molar-refractivity contribution in [2.75, 3.05) is 0 Å². The summed E-state index contributed by atoms with van der Waals surface area (Å²) in [7, 11) is 0. The Kier molecular flexibility index (Phi) is 4.44. The molecule has 1 aromatic heterocycles. The van der Waals surface area contributed by atoms with Gasteiger partial charge in [-0.2, -0.15) is 0 Å². The van der Waals surface area contributed by atoms with Crippen LogP contribution in [0.5, 0.6) is 0 Å². The Bertz CT molecular complexity index is 516. The van der Waals surface area contributed by atoms with Crippen molar-refractivity contribution in [2.24, 2.45) is 5.73 Å². The molecule has 2 aromatic rings. The Labute approximate surface area is 118 Å². The Balaban J connectivity index is 2.11. The number of halogens is 1. The summed E-state index contributed by atoms with van der Waals surface area (Å²) in [6.45, 7) is 4.18. The van der Waals surface area contributed by atoms with Crippen LogP contribution in [-0.4, -0.2) is 0 Å². The molecule has 18 heavy (non-hydrogen) atoms. The highest BCUT2D eigenvalue weighted by atomic mass is 35.5. The van der Waals surface area contributed by atoms with E-state index in [-0.39, 0.29) is 6.04 Å². The third-order valence-electron chi connectivity index (χ3n) is 3.15. The number of hydrogen-bond donors (Lipinski definition) is 1. The lowest BCUT2D eigenvalue weighted by atomic mass is 10.0.